The number of hydrogen-bond acceptors (Lipinski definition) is 2. The highest BCUT2D eigenvalue weighted by atomic mass is 16.1. The average Bonchev–Trinajstić information content (AvgIpc) is 2.47. The van der Waals surface area contributed by atoms with E-state index in [-0.39, 0.29) is 5.91 Å². The number of hydrogen-bond donors (Lipinski definition) is 2. The Kier molecular flexibility index (Phi) is 3.53. The van der Waals surface area contributed by atoms with Crippen molar-refractivity contribution < 1.29 is 4.79 Å². The van der Waals surface area contributed by atoms with Crippen LogP contribution in [-0.2, 0) is 4.79 Å². The summed E-state index contributed by atoms with van der Waals surface area (Å²) in [5.41, 5.74) is 0. The summed E-state index contributed by atoms with van der Waals surface area (Å²) in [4.78, 5) is 10.9. The Morgan fingerprint density at radius 2 is 2.50 bits per heavy atom. The molecule has 2 unspecified atom stereocenters. The molecule has 0 bridgehead atoms. The Labute approximate surface area is 73.9 Å². The maximum atomic E-state index is 10.9. The lowest BCUT2D eigenvalue weighted by atomic mass is 9.96. The van der Waals surface area contributed by atoms with E-state index in [0.29, 0.717) is 18.4 Å². The van der Waals surface area contributed by atoms with E-state index in [2.05, 4.69) is 17.6 Å². The first-order valence-electron chi connectivity index (χ1n) is 4.72. The minimum absolute atomic E-state index is 0.217. The van der Waals surface area contributed by atoms with Crippen LogP contribution in [0.1, 0.15) is 26.2 Å². The molecule has 2 N–H and O–H groups in total. The molecular formula is C9H18N2O. The monoisotopic (exact) mass is 170 g/mol. The van der Waals surface area contributed by atoms with Crippen LogP contribution in [0.15, 0.2) is 0 Å². The van der Waals surface area contributed by atoms with Gasteiger partial charge in [-0.15, -0.1) is 0 Å². The quantitative estimate of drug-likeness (QED) is 0.645. The molecule has 1 saturated heterocycles. The third-order valence-electron chi connectivity index (χ3n) is 2.59. The molecule has 0 aromatic heterocycles. The molecule has 3 heteroatoms. The zero-order chi connectivity index (χ0) is 8.97. The van der Waals surface area contributed by atoms with E-state index in [0.717, 1.165) is 19.4 Å². The highest BCUT2D eigenvalue weighted by molar-refractivity contribution is 5.78. The normalized spacial score (nSPS) is 25.5. The summed E-state index contributed by atoms with van der Waals surface area (Å²) in [7, 11) is 1.96. The summed E-state index contributed by atoms with van der Waals surface area (Å²) in [6, 6.07) is 0.412. The van der Waals surface area contributed by atoms with Gasteiger partial charge in [0.2, 0.25) is 5.91 Å². The van der Waals surface area contributed by atoms with Crippen molar-refractivity contribution in [1.82, 2.24) is 10.6 Å². The number of rotatable bonds is 4. The van der Waals surface area contributed by atoms with E-state index in [9.17, 15) is 4.79 Å². The van der Waals surface area contributed by atoms with Gasteiger partial charge in [-0.1, -0.05) is 13.3 Å². The van der Waals surface area contributed by atoms with Crippen molar-refractivity contribution in [2.45, 2.75) is 32.2 Å². The van der Waals surface area contributed by atoms with E-state index >= 15 is 0 Å². The van der Waals surface area contributed by atoms with Gasteiger partial charge in [-0.2, -0.15) is 0 Å². The molecule has 1 aliphatic heterocycles. The molecule has 0 saturated carbocycles. The second-order valence-corrected chi connectivity index (χ2v) is 3.44. The largest absolute Gasteiger partial charge is 0.353 e. The van der Waals surface area contributed by atoms with Gasteiger partial charge < -0.3 is 10.6 Å². The van der Waals surface area contributed by atoms with Crippen molar-refractivity contribution in [2.24, 2.45) is 5.92 Å². The van der Waals surface area contributed by atoms with Crippen LogP contribution >= 0.6 is 0 Å². The molecule has 1 aliphatic rings. The summed E-state index contributed by atoms with van der Waals surface area (Å²) in [6.45, 7) is 3.17. The van der Waals surface area contributed by atoms with E-state index < -0.39 is 0 Å². The molecule has 0 aromatic carbocycles. The molecule has 2 atom stereocenters. The Morgan fingerprint density at radius 3 is 2.92 bits per heavy atom. The van der Waals surface area contributed by atoms with Gasteiger partial charge in [-0.25, -0.2) is 0 Å². The number of nitrogens with one attached hydrogen (secondary N) is 2. The summed E-state index contributed by atoms with van der Waals surface area (Å²) in [5, 5.41) is 6.17. The first-order valence-corrected chi connectivity index (χ1v) is 4.72. The van der Waals surface area contributed by atoms with Crippen molar-refractivity contribution in [3.05, 3.63) is 0 Å². The second-order valence-electron chi connectivity index (χ2n) is 3.44. The first kappa shape index (κ1) is 9.52. The molecule has 0 spiro atoms. The zero-order valence-corrected chi connectivity index (χ0v) is 7.89. The van der Waals surface area contributed by atoms with Crippen molar-refractivity contribution in [3.8, 4) is 0 Å². The van der Waals surface area contributed by atoms with Gasteiger partial charge in [0, 0.05) is 12.5 Å². The highest BCUT2D eigenvalue weighted by Crippen LogP contribution is 2.17. The number of amides is 1. The lowest BCUT2D eigenvalue weighted by Gasteiger charge is -2.21. The van der Waals surface area contributed by atoms with Crippen LogP contribution in [0, 0.1) is 5.92 Å². The predicted molar refractivity (Wildman–Crippen MR) is 48.9 cm³/mol. The van der Waals surface area contributed by atoms with E-state index in [1.54, 1.807) is 0 Å². The molecule has 70 valence electrons. The summed E-state index contributed by atoms with van der Waals surface area (Å²) < 4.78 is 0. The zero-order valence-electron chi connectivity index (χ0n) is 7.89. The van der Waals surface area contributed by atoms with Gasteiger partial charge in [0.15, 0.2) is 0 Å². The lowest BCUT2D eigenvalue weighted by Crippen LogP contribution is -2.37. The van der Waals surface area contributed by atoms with E-state index in [4.69, 9.17) is 0 Å². The van der Waals surface area contributed by atoms with Gasteiger partial charge in [0.25, 0.3) is 0 Å². The fourth-order valence-corrected chi connectivity index (χ4v) is 1.82. The second kappa shape index (κ2) is 4.45. The van der Waals surface area contributed by atoms with Crippen LogP contribution < -0.4 is 10.6 Å². The molecule has 12 heavy (non-hydrogen) atoms. The van der Waals surface area contributed by atoms with Crippen LogP contribution in [0.3, 0.4) is 0 Å². The van der Waals surface area contributed by atoms with Crippen molar-refractivity contribution >= 4 is 5.91 Å². The summed E-state index contributed by atoms with van der Waals surface area (Å²) in [5.74, 6) is 0.816. The average molecular weight is 170 g/mol. The van der Waals surface area contributed by atoms with Gasteiger partial charge in [0.1, 0.15) is 0 Å². The van der Waals surface area contributed by atoms with Crippen molar-refractivity contribution in [2.75, 3.05) is 13.6 Å². The van der Waals surface area contributed by atoms with Crippen LogP contribution in [0.25, 0.3) is 0 Å². The first-order chi connectivity index (χ1) is 5.77. The Balaban J connectivity index is 2.38. The maximum absolute atomic E-state index is 10.9. The van der Waals surface area contributed by atoms with E-state index in [1.807, 2.05) is 7.05 Å². The summed E-state index contributed by atoms with van der Waals surface area (Å²) in [6.07, 6.45) is 2.86. The minimum atomic E-state index is 0.217. The molecule has 1 rings (SSSR count). The lowest BCUT2D eigenvalue weighted by molar-refractivity contribution is -0.119. The van der Waals surface area contributed by atoms with Crippen molar-refractivity contribution in [3.63, 3.8) is 0 Å². The molecular weight excluding hydrogens is 152 g/mol. The predicted octanol–water partition coefficient (Wildman–Crippen LogP) is 0.511. The smallest absolute Gasteiger partial charge is 0.220 e. The van der Waals surface area contributed by atoms with Crippen LogP contribution in [0.2, 0.25) is 0 Å². The van der Waals surface area contributed by atoms with Crippen LogP contribution in [0.5, 0.6) is 0 Å². The fourth-order valence-electron chi connectivity index (χ4n) is 1.82. The molecule has 0 radical (unpaired) electrons. The third kappa shape index (κ3) is 2.21. The molecule has 0 aromatic rings. The molecule has 1 amide bonds. The fraction of sp³-hybridized carbons (Fsp3) is 0.889. The Morgan fingerprint density at radius 1 is 1.75 bits per heavy atom. The highest BCUT2D eigenvalue weighted by Gasteiger charge is 2.26. The molecule has 1 heterocycles. The maximum Gasteiger partial charge on any atom is 0.220 e. The number of carbonyl (C=O) groups excluding carboxylic acids is 1. The van der Waals surface area contributed by atoms with Crippen LogP contribution in [0.4, 0.5) is 0 Å². The number of carbonyl (C=O) groups is 1. The van der Waals surface area contributed by atoms with Crippen molar-refractivity contribution in [1.29, 1.82) is 0 Å². The van der Waals surface area contributed by atoms with Crippen LogP contribution in [-0.4, -0.2) is 25.5 Å². The van der Waals surface area contributed by atoms with Gasteiger partial charge in [0.05, 0.1) is 0 Å². The third-order valence-corrected chi connectivity index (χ3v) is 2.59. The molecule has 1 fully saturated rings. The van der Waals surface area contributed by atoms with Gasteiger partial charge in [-0.05, 0) is 25.9 Å². The molecule has 0 aliphatic carbocycles. The Bertz CT molecular complexity index is 159. The SMILES string of the molecule is CCC(CNC)C1CCC(=O)N1. The topological polar surface area (TPSA) is 41.1 Å². The Hall–Kier alpha value is -0.570. The van der Waals surface area contributed by atoms with Gasteiger partial charge in [-0.3, -0.25) is 4.79 Å². The standard InChI is InChI=1S/C9H18N2O/c1-3-7(6-10-2)8-4-5-9(12)11-8/h7-8,10H,3-6H2,1-2H3,(H,11,12). The van der Waals surface area contributed by atoms with Gasteiger partial charge >= 0.3 is 0 Å². The summed E-state index contributed by atoms with van der Waals surface area (Å²) >= 11 is 0. The van der Waals surface area contributed by atoms with E-state index in [1.165, 1.54) is 0 Å². The minimum Gasteiger partial charge on any atom is -0.353 e. The molecule has 3 nitrogen and oxygen atoms in total.